The van der Waals surface area contributed by atoms with Crippen LogP contribution in [0.2, 0.25) is 0 Å². The second-order valence-electron chi connectivity index (χ2n) is 4.57. The topological polar surface area (TPSA) is 74.3 Å². The molecule has 1 aromatic rings. The van der Waals surface area contributed by atoms with Gasteiger partial charge in [-0.05, 0) is 19.9 Å². The van der Waals surface area contributed by atoms with Crippen LogP contribution in [0.15, 0.2) is 11.6 Å². The van der Waals surface area contributed by atoms with Gasteiger partial charge in [-0.15, -0.1) is 11.3 Å². The fourth-order valence-electron chi connectivity index (χ4n) is 2.31. The van der Waals surface area contributed by atoms with Gasteiger partial charge in [-0.3, -0.25) is 0 Å². The zero-order chi connectivity index (χ0) is 13.7. The molecule has 1 saturated heterocycles. The number of nitrogens with zero attached hydrogens (tertiary/aromatic N) is 2. The van der Waals surface area contributed by atoms with E-state index in [4.69, 9.17) is 0 Å². The molecule has 0 aromatic carbocycles. The Morgan fingerprint density at radius 3 is 3.05 bits per heavy atom. The molecule has 0 saturated carbocycles. The van der Waals surface area contributed by atoms with E-state index >= 15 is 0 Å². The highest BCUT2D eigenvalue weighted by Crippen LogP contribution is 2.19. The Bertz CT molecular complexity index is 473. The maximum atomic E-state index is 12.3. The molecule has 108 valence electrons. The van der Waals surface area contributed by atoms with Gasteiger partial charge in [0.05, 0.1) is 6.54 Å². The van der Waals surface area contributed by atoms with Crippen LogP contribution in [0, 0.1) is 0 Å². The minimum absolute atomic E-state index is 0.0487. The zero-order valence-corrected chi connectivity index (χ0v) is 12.6. The lowest BCUT2D eigenvalue weighted by atomic mass is 10.1. The van der Waals surface area contributed by atoms with Gasteiger partial charge in [-0.2, -0.15) is 17.4 Å². The average molecular weight is 304 g/mol. The lowest BCUT2D eigenvalue weighted by molar-refractivity contribution is 0.246. The quantitative estimate of drug-likeness (QED) is 0.805. The summed E-state index contributed by atoms with van der Waals surface area (Å²) in [5, 5.41) is 5.69. The maximum Gasteiger partial charge on any atom is 0.280 e. The Hall–Kier alpha value is -0.540. The van der Waals surface area contributed by atoms with Gasteiger partial charge >= 0.3 is 0 Å². The first-order valence-corrected chi connectivity index (χ1v) is 8.75. The average Bonchev–Trinajstić information content (AvgIpc) is 2.91. The molecule has 1 aliphatic rings. The molecule has 0 bridgehead atoms. The summed E-state index contributed by atoms with van der Waals surface area (Å²) in [6.07, 6.45) is 4.61. The smallest absolute Gasteiger partial charge is 0.280 e. The van der Waals surface area contributed by atoms with Crippen molar-refractivity contribution in [3.8, 4) is 0 Å². The maximum absolute atomic E-state index is 12.3. The fourth-order valence-corrected chi connectivity index (χ4v) is 4.38. The predicted octanol–water partition coefficient (Wildman–Crippen LogP) is 0.551. The van der Waals surface area contributed by atoms with Gasteiger partial charge in [-0.1, -0.05) is 6.42 Å². The van der Waals surface area contributed by atoms with E-state index in [-0.39, 0.29) is 12.6 Å². The number of aromatic nitrogens is 1. The Balaban J connectivity index is 2.00. The summed E-state index contributed by atoms with van der Waals surface area (Å²) in [6.45, 7) is 1.56. The largest absolute Gasteiger partial charge is 0.318 e. The van der Waals surface area contributed by atoms with Gasteiger partial charge in [0.2, 0.25) is 0 Å². The minimum atomic E-state index is -3.42. The van der Waals surface area contributed by atoms with Crippen LogP contribution < -0.4 is 10.0 Å². The van der Waals surface area contributed by atoms with Crippen LogP contribution in [0.25, 0.3) is 0 Å². The van der Waals surface area contributed by atoms with Crippen molar-refractivity contribution >= 4 is 21.5 Å². The molecular weight excluding hydrogens is 284 g/mol. The standard InChI is InChI=1S/C11H20N4O2S2/c1-12-8-10-4-2-3-6-15(10)19(16,17)14-9-11-13-5-7-18-11/h5,7,10,12,14H,2-4,6,8-9H2,1H3. The number of hydrogen-bond acceptors (Lipinski definition) is 5. The molecule has 0 aliphatic carbocycles. The van der Waals surface area contributed by atoms with Gasteiger partial charge in [0.25, 0.3) is 10.2 Å². The van der Waals surface area contributed by atoms with Crippen molar-refractivity contribution in [1.82, 2.24) is 19.3 Å². The molecule has 1 atom stereocenters. The van der Waals surface area contributed by atoms with E-state index in [0.29, 0.717) is 13.1 Å². The highest BCUT2D eigenvalue weighted by atomic mass is 32.2. The summed E-state index contributed by atoms with van der Waals surface area (Å²) in [6, 6.07) is 0.0487. The number of rotatable bonds is 6. The summed E-state index contributed by atoms with van der Waals surface area (Å²) in [5.41, 5.74) is 0. The molecule has 2 N–H and O–H groups in total. The predicted molar refractivity (Wildman–Crippen MR) is 76.1 cm³/mol. The number of likely N-dealkylation sites (N-methyl/N-ethyl adjacent to an activating group) is 1. The Morgan fingerprint density at radius 2 is 2.37 bits per heavy atom. The molecule has 1 unspecified atom stereocenters. The molecule has 0 radical (unpaired) electrons. The van der Waals surface area contributed by atoms with Crippen LogP contribution in [0.1, 0.15) is 24.3 Å². The van der Waals surface area contributed by atoms with Gasteiger partial charge in [0.1, 0.15) is 5.01 Å². The lowest BCUT2D eigenvalue weighted by Gasteiger charge is -2.34. The van der Waals surface area contributed by atoms with Crippen LogP contribution in [-0.2, 0) is 16.8 Å². The Morgan fingerprint density at radius 1 is 1.53 bits per heavy atom. The van der Waals surface area contributed by atoms with Crippen LogP contribution >= 0.6 is 11.3 Å². The number of thiazole rings is 1. The van der Waals surface area contributed by atoms with Gasteiger partial charge in [0, 0.05) is 30.7 Å². The van der Waals surface area contributed by atoms with Crippen molar-refractivity contribution in [3.63, 3.8) is 0 Å². The van der Waals surface area contributed by atoms with E-state index in [2.05, 4.69) is 15.0 Å². The normalized spacial score (nSPS) is 21.6. The fraction of sp³-hybridized carbons (Fsp3) is 0.727. The van der Waals surface area contributed by atoms with Gasteiger partial charge in [-0.25, -0.2) is 4.98 Å². The molecule has 1 aliphatic heterocycles. The highest BCUT2D eigenvalue weighted by Gasteiger charge is 2.31. The summed E-state index contributed by atoms with van der Waals surface area (Å²) >= 11 is 1.45. The third-order valence-corrected chi connectivity index (χ3v) is 5.60. The first kappa shape index (κ1) is 14.9. The Kier molecular flexibility index (Phi) is 5.28. The summed E-state index contributed by atoms with van der Waals surface area (Å²) in [4.78, 5) is 4.08. The molecule has 2 heterocycles. The van der Waals surface area contributed by atoms with Crippen LogP contribution in [0.4, 0.5) is 0 Å². The minimum Gasteiger partial charge on any atom is -0.318 e. The number of hydrogen-bond donors (Lipinski definition) is 2. The molecule has 6 nitrogen and oxygen atoms in total. The first-order chi connectivity index (χ1) is 9.13. The second kappa shape index (κ2) is 6.76. The van der Waals surface area contributed by atoms with Crippen LogP contribution in [-0.4, -0.2) is 43.9 Å². The van der Waals surface area contributed by atoms with Crippen molar-refractivity contribution in [2.24, 2.45) is 0 Å². The molecule has 2 rings (SSSR count). The van der Waals surface area contributed by atoms with Crippen molar-refractivity contribution in [3.05, 3.63) is 16.6 Å². The Labute approximate surface area is 118 Å². The van der Waals surface area contributed by atoms with E-state index in [1.165, 1.54) is 11.3 Å². The van der Waals surface area contributed by atoms with E-state index in [1.807, 2.05) is 12.4 Å². The molecular formula is C11H20N4O2S2. The molecule has 19 heavy (non-hydrogen) atoms. The van der Waals surface area contributed by atoms with Crippen LogP contribution in [0.3, 0.4) is 0 Å². The molecule has 1 fully saturated rings. The zero-order valence-electron chi connectivity index (χ0n) is 11.0. The third kappa shape index (κ3) is 3.96. The van der Waals surface area contributed by atoms with E-state index in [1.54, 1.807) is 10.5 Å². The summed E-state index contributed by atoms with van der Waals surface area (Å²) in [5.74, 6) is 0. The first-order valence-electron chi connectivity index (χ1n) is 6.43. The molecule has 8 heteroatoms. The van der Waals surface area contributed by atoms with Crippen molar-refractivity contribution < 1.29 is 8.42 Å². The molecule has 0 spiro atoms. The third-order valence-electron chi connectivity index (χ3n) is 3.21. The van der Waals surface area contributed by atoms with Gasteiger partial charge < -0.3 is 5.32 Å². The highest BCUT2D eigenvalue weighted by molar-refractivity contribution is 7.87. The van der Waals surface area contributed by atoms with Crippen LogP contribution in [0.5, 0.6) is 0 Å². The molecule has 0 amide bonds. The van der Waals surface area contributed by atoms with Crippen molar-refractivity contribution in [2.75, 3.05) is 20.1 Å². The molecule has 1 aromatic heterocycles. The second-order valence-corrected chi connectivity index (χ2v) is 7.26. The summed E-state index contributed by atoms with van der Waals surface area (Å²) < 4.78 is 28.9. The number of nitrogens with one attached hydrogen (secondary N) is 2. The lowest BCUT2D eigenvalue weighted by Crippen LogP contribution is -2.51. The van der Waals surface area contributed by atoms with E-state index < -0.39 is 10.2 Å². The van der Waals surface area contributed by atoms with Crippen molar-refractivity contribution in [2.45, 2.75) is 31.8 Å². The number of piperidine rings is 1. The summed E-state index contributed by atoms with van der Waals surface area (Å²) in [7, 11) is -1.57. The van der Waals surface area contributed by atoms with Gasteiger partial charge in [0.15, 0.2) is 0 Å². The van der Waals surface area contributed by atoms with E-state index in [0.717, 1.165) is 24.3 Å². The van der Waals surface area contributed by atoms with E-state index in [9.17, 15) is 8.42 Å². The monoisotopic (exact) mass is 304 g/mol. The van der Waals surface area contributed by atoms with Crippen molar-refractivity contribution in [1.29, 1.82) is 0 Å². The SMILES string of the molecule is CNCC1CCCCN1S(=O)(=O)NCc1nccs1.